The first-order chi connectivity index (χ1) is 30.3. The minimum absolute atomic E-state index is 0.0258. The summed E-state index contributed by atoms with van der Waals surface area (Å²) in [5, 5.41) is 227. The zero-order chi connectivity index (χ0) is 53.4. The van der Waals surface area contributed by atoms with E-state index in [-0.39, 0.29) is 38.0 Å². The highest BCUT2D eigenvalue weighted by Gasteiger charge is 2.36. The maximum atomic E-state index is 9.90. The van der Waals surface area contributed by atoms with E-state index in [1.807, 2.05) is 0 Å². The highest BCUT2D eigenvalue weighted by molar-refractivity contribution is 5.58. The van der Waals surface area contributed by atoms with Gasteiger partial charge in [-0.3, -0.25) is 0 Å². The zero-order valence-electron chi connectivity index (χ0n) is 35.1. The number of aliphatic hydroxyl groups is 26. The number of hydrogen-bond donors (Lipinski definition) is 26. The number of carbonyl (C=O) groups excluding carboxylic acids is 5. The van der Waals surface area contributed by atoms with Gasteiger partial charge in [0.15, 0.2) is 37.7 Å². The van der Waals surface area contributed by atoms with E-state index >= 15 is 0 Å². The SMILES string of the molecule is C[C@H](O)[C@@H](O)[C@@H](O)[C@H](O)C=O.C[C@H](O)[C@H](O)[C@@H](O)[C@@H](O)C=O.O=C[C@@H](O)[C@H](O)[C@H](O)CO.O=C[C@H](O)[C@@H](O)[C@@H](O)[C@H](O)CO.O=C[C@H](O)[C@@H](O)[C@H](O)[C@H](O)CO.OC1OC[C@@H](O)[C@H](O)[C@H]1O. The van der Waals surface area contributed by atoms with Crippen LogP contribution in [-0.4, -0.2) is 331 Å². The van der Waals surface area contributed by atoms with Crippen LogP contribution in [0.25, 0.3) is 0 Å². The number of aliphatic hydroxyl groups excluding tert-OH is 26. The van der Waals surface area contributed by atoms with Crippen LogP contribution in [0.3, 0.4) is 0 Å². The van der Waals surface area contributed by atoms with Crippen molar-refractivity contribution in [2.45, 2.75) is 154 Å². The molecule has 0 saturated carbocycles. The third-order valence-electron chi connectivity index (χ3n) is 8.05. The molecule has 0 spiro atoms. The van der Waals surface area contributed by atoms with Gasteiger partial charge in [-0.1, -0.05) is 0 Å². The highest BCUT2D eigenvalue weighted by atomic mass is 16.6. The van der Waals surface area contributed by atoms with E-state index in [1.54, 1.807) is 0 Å². The Hall–Kier alpha value is -2.73. The van der Waals surface area contributed by atoms with Gasteiger partial charge in [0, 0.05) is 0 Å². The van der Waals surface area contributed by atoms with Crippen molar-refractivity contribution in [3.63, 3.8) is 0 Å². The third kappa shape index (κ3) is 29.9. The molecule has 396 valence electrons. The van der Waals surface area contributed by atoms with Gasteiger partial charge < -0.3 is 161 Å². The van der Waals surface area contributed by atoms with Crippen molar-refractivity contribution in [1.82, 2.24) is 0 Å². The standard InChI is InChI=1S/2C6H12O6.2C6H12O5.2C5H10O5/c2*7-1-3(9)5(11)6(12)4(10)2-8;2*1-3(8)5(10)6(11)4(9)2-7;6-2-1-10-5(9)4(8)3(2)7;6-1-3(8)5(10)4(9)2-7/h2*1,3-6,8-12H,2H2;2*2-6,8-11H,1H3;2-9H,1H2;1,3-5,7-10H,2H2/t3-,4+,5+,6+;2*3-,4+,5+,6-;3-,4-,5-,6-;2-,3+,4-,5?;3-,4-,5+/m000011/s1. The summed E-state index contributed by atoms with van der Waals surface area (Å²) >= 11 is 0. The molecule has 0 radical (unpaired) electrons. The molecule has 23 atom stereocenters. The molecule has 0 aromatic heterocycles. The molecule has 0 aliphatic carbocycles. The van der Waals surface area contributed by atoms with E-state index in [0.717, 1.165) is 0 Å². The molecular formula is C34H68O32. The molecule has 32 heteroatoms. The van der Waals surface area contributed by atoms with Crippen LogP contribution >= 0.6 is 0 Å². The van der Waals surface area contributed by atoms with E-state index in [0.29, 0.717) is 0 Å². The molecule has 1 heterocycles. The molecule has 1 rings (SSSR count). The van der Waals surface area contributed by atoms with Crippen LogP contribution in [-0.2, 0) is 28.7 Å². The maximum absolute atomic E-state index is 9.90. The van der Waals surface area contributed by atoms with Crippen LogP contribution in [0.4, 0.5) is 0 Å². The molecule has 1 fully saturated rings. The number of rotatable bonds is 22. The second-order valence-corrected chi connectivity index (χ2v) is 13.6. The van der Waals surface area contributed by atoms with Crippen LogP contribution in [0.1, 0.15) is 13.8 Å². The zero-order valence-corrected chi connectivity index (χ0v) is 35.1. The highest BCUT2D eigenvalue weighted by Crippen LogP contribution is 2.13. The van der Waals surface area contributed by atoms with Crippen LogP contribution in [0.5, 0.6) is 0 Å². The lowest BCUT2D eigenvalue weighted by atomic mass is 10.0. The first-order valence-electron chi connectivity index (χ1n) is 18.7. The Balaban J connectivity index is -0.000000226. The Labute approximate surface area is 373 Å². The average molecular weight is 989 g/mol. The van der Waals surface area contributed by atoms with Crippen molar-refractivity contribution in [2.24, 2.45) is 0 Å². The van der Waals surface area contributed by atoms with Crippen molar-refractivity contribution in [3.8, 4) is 0 Å². The molecule has 0 aromatic carbocycles. The molecule has 66 heavy (non-hydrogen) atoms. The van der Waals surface area contributed by atoms with Gasteiger partial charge in [0.1, 0.15) is 122 Å². The third-order valence-corrected chi connectivity index (χ3v) is 8.05. The topological polar surface area (TPSA) is 621 Å². The first-order valence-corrected chi connectivity index (χ1v) is 18.7. The Morgan fingerprint density at radius 2 is 0.606 bits per heavy atom. The monoisotopic (exact) mass is 988 g/mol. The number of aldehydes is 5. The predicted octanol–water partition coefficient (Wildman–Crippen LogP) is -16.8. The molecule has 1 saturated heterocycles. The molecule has 26 N–H and O–H groups in total. The van der Waals surface area contributed by atoms with Gasteiger partial charge >= 0.3 is 0 Å². The second-order valence-electron chi connectivity index (χ2n) is 13.6. The van der Waals surface area contributed by atoms with Gasteiger partial charge in [-0.15, -0.1) is 0 Å². The van der Waals surface area contributed by atoms with Crippen LogP contribution in [0.15, 0.2) is 0 Å². The van der Waals surface area contributed by atoms with Crippen molar-refractivity contribution >= 4 is 31.4 Å². The molecular weight excluding hydrogens is 920 g/mol. The van der Waals surface area contributed by atoms with Crippen molar-refractivity contribution < 1.29 is 161 Å². The Morgan fingerprint density at radius 1 is 0.379 bits per heavy atom. The lowest BCUT2D eigenvalue weighted by Crippen LogP contribution is -2.52. The van der Waals surface area contributed by atoms with E-state index in [4.69, 9.17) is 133 Å². The van der Waals surface area contributed by atoms with Crippen molar-refractivity contribution in [3.05, 3.63) is 0 Å². The minimum Gasteiger partial charge on any atom is -0.394 e. The van der Waals surface area contributed by atoms with Crippen LogP contribution in [0.2, 0.25) is 0 Å². The van der Waals surface area contributed by atoms with Gasteiger partial charge in [-0.05, 0) is 13.8 Å². The van der Waals surface area contributed by atoms with Crippen LogP contribution in [0, 0.1) is 0 Å². The smallest absolute Gasteiger partial charge is 0.183 e. The molecule has 0 aromatic rings. The molecule has 1 unspecified atom stereocenters. The normalized spacial score (nSPS) is 25.4. The van der Waals surface area contributed by atoms with E-state index in [9.17, 15) is 24.0 Å². The second kappa shape index (κ2) is 40.2. The number of hydrogen-bond acceptors (Lipinski definition) is 32. The van der Waals surface area contributed by atoms with Gasteiger partial charge in [0.05, 0.1) is 38.6 Å². The average Bonchev–Trinajstić information content (AvgIpc) is 3.33. The summed E-state index contributed by atoms with van der Waals surface area (Å²) in [6, 6.07) is 0. The molecule has 1 aliphatic heterocycles. The number of ether oxygens (including phenoxy) is 1. The van der Waals surface area contributed by atoms with Crippen molar-refractivity contribution in [1.29, 1.82) is 0 Å². The summed E-state index contributed by atoms with van der Waals surface area (Å²) in [4.78, 5) is 49.3. The minimum atomic E-state index is -1.79. The Morgan fingerprint density at radius 3 is 0.818 bits per heavy atom. The van der Waals surface area contributed by atoms with E-state index < -0.39 is 160 Å². The molecule has 0 bridgehead atoms. The first kappa shape index (κ1) is 72.3. The van der Waals surface area contributed by atoms with Gasteiger partial charge in [-0.2, -0.15) is 0 Å². The lowest BCUT2D eigenvalue weighted by molar-refractivity contribution is -0.252. The van der Waals surface area contributed by atoms with Gasteiger partial charge in [-0.25, -0.2) is 0 Å². The largest absolute Gasteiger partial charge is 0.394 e. The van der Waals surface area contributed by atoms with Gasteiger partial charge in [0.2, 0.25) is 0 Å². The predicted molar refractivity (Wildman–Crippen MR) is 207 cm³/mol. The fraction of sp³-hybridized carbons (Fsp3) is 0.853. The summed E-state index contributed by atoms with van der Waals surface area (Å²) in [7, 11) is 0. The lowest BCUT2D eigenvalue weighted by Gasteiger charge is -2.31. The quantitative estimate of drug-likeness (QED) is 0.0448. The summed E-state index contributed by atoms with van der Waals surface area (Å²) in [6.45, 7) is 0.121. The Bertz CT molecular complexity index is 1130. The maximum Gasteiger partial charge on any atom is 0.183 e. The summed E-state index contributed by atoms with van der Waals surface area (Å²) < 4.78 is 4.47. The number of carbonyl (C=O) groups is 5. The summed E-state index contributed by atoms with van der Waals surface area (Å²) in [5.74, 6) is 0. The summed E-state index contributed by atoms with van der Waals surface area (Å²) in [6.07, 6.45) is -35.3. The van der Waals surface area contributed by atoms with Gasteiger partial charge in [0.25, 0.3) is 0 Å². The fourth-order valence-corrected chi connectivity index (χ4v) is 3.58. The Kier molecular flexibility index (Phi) is 44.0. The van der Waals surface area contributed by atoms with Crippen LogP contribution < -0.4 is 0 Å². The molecule has 1 aliphatic rings. The summed E-state index contributed by atoms with van der Waals surface area (Å²) in [5.41, 5.74) is 0. The molecule has 0 amide bonds. The fourth-order valence-electron chi connectivity index (χ4n) is 3.58. The van der Waals surface area contributed by atoms with Crippen molar-refractivity contribution in [2.75, 3.05) is 26.4 Å². The van der Waals surface area contributed by atoms with E-state index in [1.165, 1.54) is 13.8 Å². The molecule has 32 nitrogen and oxygen atoms in total. The van der Waals surface area contributed by atoms with E-state index in [2.05, 4.69) is 4.74 Å².